The second-order valence-corrected chi connectivity index (χ2v) is 8.16. The number of carboxylic acids is 2. The lowest BCUT2D eigenvalue weighted by Gasteiger charge is -2.06. The molecule has 0 aliphatic heterocycles. The molecule has 0 aromatic heterocycles. The summed E-state index contributed by atoms with van der Waals surface area (Å²) in [5, 5.41) is 17.8. The highest BCUT2D eigenvalue weighted by Gasteiger charge is 2.08. The minimum atomic E-state index is -0.823. The molecule has 0 atom stereocenters. The fourth-order valence-electron chi connectivity index (χ4n) is 3.84. The smallest absolute Gasteiger partial charge is 0.335 e. The van der Waals surface area contributed by atoms with Crippen molar-refractivity contribution >= 4 is 11.9 Å². The number of benzene rings is 1. The van der Waals surface area contributed by atoms with Crippen molar-refractivity contribution in [1.29, 1.82) is 0 Å². The molecule has 1 rings (SSSR count). The van der Waals surface area contributed by atoms with Gasteiger partial charge in [0.15, 0.2) is 0 Å². The fraction of sp³-hybridized carbons (Fsp3) is 0.680. The van der Waals surface area contributed by atoms with Crippen molar-refractivity contribution in [3.63, 3.8) is 0 Å². The van der Waals surface area contributed by atoms with E-state index < -0.39 is 11.9 Å². The predicted molar refractivity (Wildman–Crippen MR) is 119 cm³/mol. The van der Waals surface area contributed by atoms with Crippen LogP contribution in [0.2, 0.25) is 0 Å². The summed E-state index contributed by atoms with van der Waals surface area (Å²) in [5.41, 5.74) is 1.41. The summed E-state index contributed by atoms with van der Waals surface area (Å²) in [7, 11) is 0. The Morgan fingerprint density at radius 1 is 0.586 bits per heavy atom. The van der Waals surface area contributed by atoms with Gasteiger partial charge in [0.1, 0.15) is 0 Å². The lowest BCUT2D eigenvalue weighted by Crippen LogP contribution is -2.02. The van der Waals surface area contributed by atoms with Crippen molar-refractivity contribution in [2.45, 2.75) is 109 Å². The monoisotopic (exact) mass is 404 g/mol. The number of hydrogen-bond acceptors (Lipinski definition) is 2. The Balaban J connectivity index is 1.83. The maximum absolute atomic E-state index is 11.2. The molecule has 0 spiro atoms. The Kier molecular flexibility index (Phi) is 14.8. The first-order valence-electron chi connectivity index (χ1n) is 11.6. The van der Waals surface area contributed by atoms with Gasteiger partial charge in [0.2, 0.25) is 0 Å². The first-order valence-corrected chi connectivity index (χ1v) is 11.6. The van der Waals surface area contributed by atoms with Crippen LogP contribution in [0.3, 0.4) is 0 Å². The zero-order chi connectivity index (χ0) is 21.2. The van der Waals surface area contributed by atoms with Crippen molar-refractivity contribution in [2.75, 3.05) is 0 Å². The molecule has 1 aromatic rings. The Morgan fingerprint density at radius 3 is 1.45 bits per heavy atom. The van der Waals surface area contributed by atoms with Gasteiger partial charge in [0.05, 0.1) is 5.56 Å². The van der Waals surface area contributed by atoms with E-state index in [1.165, 1.54) is 77.0 Å². The summed E-state index contributed by atoms with van der Waals surface area (Å²) in [6, 6.07) is 7.34. The van der Waals surface area contributed by atoms with Gasteiger partial charge in [-0.05, 0) is 30.9 Å². The average molecular weight is 405 g/mol. The highest BCUT2D eigenvalue weighted by atomic mass is 16.4. The van der Waals surface area contributed by atoms with Gasteiger partial charge >= 0.3 is 11.9 Å². The number of aromatic carboxylic acids is 1. The van der Waals surface area contributed by atoms with Gasteiger partial charge in [-0.1, -0.05) is 102 Å². The van der Waals surface area contributed by atoms with Gasteiger partial charge in [0.25, 0.3) is 0 Å². The minimum Gasteiger partial charge on any atom is -0.481 e. The van der Waals surface area contributed by atoms with Crippen LogP contribution in [0.25, 0.3) is 0 Å². The van der Waals surface area contributed by atoms with E-state index in [9.17, 15) is 14.7 Å². The van der Waals surface area contributed by atoms with E-state index in [0.717, 1.165) is 31.2 Å². The van der Waals surface area contributed by atoms with E-state index in [2.05, 4.69) is 0 Å². The van der Waals surface area contributed by atoms with Gasteiger partial charge in [0, 0.05) is 6.42 Å². The Labute approximate surface area is 176 Å². The van der Waals surface area contributed by atoms with E-state index in [-0.39, 0.29) is 0 Å². The van der Waals surface area contributed by atoms with Crippen LogP contribution in [0.1, 0.15) is 119 Å². The van der Waals surface area contributed by atoms with Crippen molar-refractivity contribution < 1.29 is 19.8 Å². The first kappa shape index (κ1) is 25.2. The Hall–Kier alpha value is -1.84. The maximum atomic E-state index is 11.2. The SMILES string of the molecule is O=C(O)CCCCCCCCCCCCCCCCCc1ccccc1C(=O)O. The molecule has 0 heterocycles. The number of unbranched alkanes of at least 4 members (excludes halogenated alkanes) is 14. The number of hydrogen-bond donors (Lipinski definition) is 2. The number of aryl methyl sites for hydroxylation is 1. The predicted octanol–water partition coefficient (Wildman–Crippen LogP) is 7.25. The molecule has 1 aromatic carbocycles. The van der Waals surface area contributed by atoms with Crippen LogP contribution >= 0.6 is 0 Å². The summed E-state index contributed by atoms with van der Waals surface area (Å²) in [6.07, 6.45) is 19.5. The Bertz CT molecular complexity index is 568. The molecule has 29 heavy (non-hydrogen) atoms. The quantitative estimate of drug-likeness (QED) is 0.238. The van der Waals surface area contributed by atoms with Crippen LogP contribution in [0, 0.1) is 0 Å². The molecule has 0 aliphatic rings. The summed E-state index contributed by atoms with van der Waals surface area (Å²) < 4.78 is 0. The third-order valence-electron chi connectivity index (χ3n) is 5.58. The summed E-state index contributed by atoms with van der Waals surface area (Å²) in [4.78, 5) is 21.6. The number of rotatable bonds is 19. The van der Waals surface area contributed by atoms with Crippen LogP contribution in [-0.4, -0.2) is 22.2 Å². The number of aliphatic carboxylic acids is 1. The third kappa shape index (κ3) is 13.9. The molecule has 0 bridgehead atoms. The normalized spacial score (nSPS) is 10.9. The van der Waals surface area contributed by atoms with Gasteiger partial charge in [-0.2, -0.15) is 0 Å². The molecular formula is C25H40O4. The first-order chi connectivity index (χ1) is 14.1. The maximum Gasteiger partial charge on any atom is 0.335 e. The number of carboxylic acid groups (broad SMARTS) is 2. The van der Waals surface area contributed by atoms with Crippen molar-refractivity contribution in [2.24, 2.45) is 0 Å². The molecule has 0 fully saturated rings. The highest BCUT2D eigenvalue weighted by molar-refractivity contribution is 5.89. The van der Waals surface area contributed by atoms with Crippen molar-refractivity contribution in [1.82, 2.24) is 0 Å². The number of carbonyl (C=O) groups is 2. The standard InChI is InChI=1S/C25H40O4/c26-24(27)21-15-13-11-9-7-5-3-1-2-4-6-8-10-12-14-18-22-19-16-17-20-23(22)25(28)29/h16-17,19-20H,1-15,18,21H2,(H,26,27)(H,28,29). The largest absolute Gasteiger partial charge is 0.481 e. The molecule has 4 nitrogen and oxygen atoms in total. The van der Waals surface area contributed by atoms with Crippen LogP contribution in [0.4, 0.5) is 0 Å². The highest BCUT2D eigenvalue weighted by Crippen LogP contribution is 2.16. The summed E-state index contributed by atoms with van der Waals surface area (Å²) >= 11 is 0. The fourth-order valence-corrected chi connectivity index (χ4v) is 3.84. The molecule has 0 aliphatic carbocycles. The van der Waals surface area contributed by atoms with E-state index >= 15 is 0 Å². The van der Waals surface area contributed by atoms with Crippen molar-refractivity contribution in [3.8, 4) is 0 Å². The summed E-state index contributed by atoms with van der Waals surface area (Å²) in [5.74, 6) is -1.50. The van der Waals surface area contributed by atoms with E-state index in [0.29, 0.717) is 12.0 Å². The average Bonchev–Trinajstić information content (AvgIpc) is 2.70. The van der Waals surface area contributed by atoms with Gasteiger partial charge in [-0.15, -0.1) is 0 Å². The molecule has 2 N–H and O–H groups in total. The Morgan fingerprint density at radius 2 is 1.00 bits per heavy atom. The molecule has 0 saturated heterocycles. The van der Waals surface area contributed by atoms with Crippen LogP contribution in [0.15, 0.2) is 24.3 Å². The lowest BCUT2D eigenvalue weighted by molar-refractivity contribution is -0.137. The third-order valence-corrected chi connectivity index (χ3v) is 5.58. The zero-order valence-electron chi connectivity index (χ0n) is 18.0. The topological polar surface area (TPSA) is 74.6 Å². The van der Waals surface area contributed by atoms with Gasteiger partial charge < -0.3 is 10.2 Å². The van der Waals surface area contributed by atoms with Crippen LogP contribution in [-0.2, 0) is 11.2 Å². The summed E-state index contributed by atoms with van der Waals surface area (Å²) in [6.45, 7) is 0. The van der Waals surface area contributed by atoms with E-state index in [4.69, 9.17) is 5.11 Å². The van der Waals surface area contributed by atoms with Crippen molar-refractivity contribution in [3.05, 3.63) is 35.4 Å². The van der Waals surface area contributed by atoms with E-state index in [1.807, 2.05) is 12.1 Å². The molecule has 0 amide bonds. The molecular weight excluding hydrogens is 364 g/mol. The lowest BCUT2D eigenvalue weighted by atomic mass is 10.00. The molecule has 0 radical (unpaired) electrons. The molecule has 0 saturated carbocycles. The second-order valence-electron chi connectivity index (χ2n) is 8.16. The molecule has 4 heteroatoms. The zero-order valence-corrected chi connectivity index (χ0v) is 18.0. The van der Waals surface area contributed by atoms with Crippen LogP contribution in [0.5, 0.6) is 0 Å². The van der Waals surface area contributed by atoms with Crippen LogP contribution < -0.4 is 0 Å². The minimum absolute atomic E-state index is 0.318. The van der Waals surface area contributed by atoms with Gasteiger partial charge in [-0.25, -0.2) is 4.79 Å². The van der Waals surface area contributed by atoms with E-state index in [1.54, 1.807) is 12.1 Å². The molecule has 164 valence electrons. The van der Waals surface area contributed by atoms with Gasteiger partial charge in [-0.3, -0.25) is 4.79 Å². The second kappa shape index (κ2) is 17.1. The molecule has 0 unspecified atom stereocenters.